The molecule has 0 aromatic heterocycles. The number of anilines is 2. The van der Waals surface area contributed by atoms with Crippen molar-refractivity contribution in [2.45, 2.75) is 39.3 Å². The Hall–Kier alpha value is -4.46. The van der Waals surface area contributed by atoms with Gasteiger partial charge in [-0.1, -0.05) is 56.3 Å². The van der Waals surface area contributed by atoms with Gasteiger partial charge in [0.05, 0.1) is 45.3 Å². The molecule has 0 saturated heterocycles. The third kappa shape index (κ3) is 5.73. The van der Waals surface area contributed by atoms with Crippen molar-refractivity contribution in [2.75, 3.05) is 38.1 Å². The maximum absolute atomic E-state index is 14.0. The Labute approximate surface area is 241 Å². The SMILES string of the molecule is COc1cc(OC)c(C2C3=C(CC(C)(C)CC3=O)Nc3ccccc3N2CC(=O)NCc2ccccc2)cc1OC. The predicted molar refractivity (Wildman–Crippen MR) is 160 cm³/mol. The Kier molecular flexibility index (Phi) is 7.92. The van der Waals surface area contributed by atoms with Gasteiger partial charge < -0.3 is 29.7 Å². The lowest BCUT2D eigenvalue weighted by molar-refractivity contribution is -0.121. The molecule has 0 spiro atoms. The van der Waals surface area contributed by atoms with Crippen LogP contribution in [0.25, 0.3) is 0 Å². The third-order valence-corrected chi connectivity index (χ3v) is 7.68. The number of fused-ring (bicyclic) bond motifs is 1. The summed E-state index contributed by atoms with van der Waals surface area (Å²) < 4.78 is 17.1. The van der Waals surface area contributed by atoms with Gasteiger partial charge in [-0.3, -0.25) is 9.59 Å². The van der Waals surface area contributed by atoms with E-state index in [1.807, 2.05) is 65.6 Å². The summed E-state index contributed by atoms with van der Waals surface area (Å²) in [7, 11) is 4.73. The van der Waals surface area contributed by atoms with Crippen LogP contribution >= 0.6 is 0 Å². The second-order valence-corrected chi connectivity index (χ2v) is 11.2. The number of methoxy groups -OCH3 is 3. The zero-order valence-corrected chi connectivity index (χ0v) is 24.2. The number of para-hydroxylation sites is 2. The lowest BCUT2D eigenvalue weighted by Gasteiger charge is -2.38. The van der Waals surface area contributed by atoms with Crippen molar-refractivity contribution in [3.8, 4) is 17.2 Å². The molecule has 1 amide bonds. The number of carbonyl (C=O) groups is 2. The fourth-order valence-electron chi connectivity index (χ4n) is 5.82. The average molecular weight is 556 g/mol. The fraction of sp³-hybridized carbons (Fsp3) is 0.333. The van der Waals surface area contributed by atoms with Gasteiger partial charge in [-0.25, -0.2) is 0 Å². The first-order valence-electron chi connectivity index (χ1n) is 13.7. The summed E-state index contributed by atoms with van der Waals surface area (Å²) in [4.78, 5) is 29.6. The largest absolute Gasteiger partial charge is 0.496 e. The number of carbonyl (C=O) groups excluding carboxylic acids is 2. The lowest BCUT2D eigenvalue weighted by Crippen LogP contribution is -2.42. The van der Waals surface area contributed by atoms with Gasteiger partial charge in [0, 0.05) is 35.9 Å². The Morgan fingerprint density at radius 1 is 0.927 bits per heavy atom. The number of Topliss-reactive ketones (excluding diaryl/α,β-unsaturated/α-hetero) is 1. The number of nitrogens with one attached hydrogen (secondary N) is 2. The first-order valence-corrected chi connectivity index (χ1v) is 13.7. The zero-order valence-electron chi connectivity index (χ0n) is 24.2. The van der Waals surface area contributed by atoms with E-state index in [1.54, 1.807) is 27.4 Å². The van der Waals surface area contributed by atoms with Crippen LogP contribution in [-0.2, 0) is 16.1 Å². The molecule has 214 valence electrons. The zero-order chi connectivity index (χ0) is 29.1. The number of allylic oxidation sites excluding steroid dienone is 1. The molecular weight excluding hydrogens is 518 g/mol. The highest BCUT2D eigenvalue weighted by Gasteiger charge is 2.43. The van der Waals surface area contributed by atoms with Crippen LogP contribution in [0.4, 0.5) is 11.4 Å². The van der Waals surface area contributed by atoms with Crippen molar-refractivity contribution < 1.29 is 23.8 Å². The van der Waals surface area contributed by atoms with E-state index in [4.69, 9.17) is 14.2 Å². The van der Waals surface area contributed by atoms with Crippen molar-refractivity contribution in [1.29, 1.82) is 0 Å². The predicted octanol–water partition coefficient (Wildman–Crippen LogP) is 5.65. The molecule has 2 aliphatic rings. The number of ketones is 1. The number of nitrogens with zero attached hydrogens (tertiary/aromatic N) is 1. The molecule has 0 saturated carbocycles. The molecule has 0 fully saturated rings. The average Bonchev–Trinajstić information content (AvgIpc) is 3.09. The Morgan fingerprint density at radius 2 is 1.59 bits per heavy atom. The second kappa shape index (κ2) is 11.6. The van der Waals surface area contributed by atoms with E-state index in [2.05, 4.69) is 24.5 Å². The Morgan fingerprint density at radius 3 is 2.29 bits per heavy atom. The van der Waals surface area contributed by atoms with Crippen LogP contribution in [-0.4, -0.2) is 39.6 Å². The van der Waals surface area contributed by atoms with Crippen LogP contribution in [0.3, 0.4) is 0 Å². The minimum Gasteiger partial charge on any atom is -0.496 e. The van der Waals surface area contributed by atoms with Gasteiger partial charge in [-0.15, -0.1) is 0 Å². The van der Waals surface area contributed by atoms with Gasteiger partial charge >= 0.3 is 0 Å². The van der Waals surface area contributed by atoms with E-state index in [0.717, 1.165) is 22.6 Å². The molecule has 8 heteroatoms. The number of ether oxygens (including phenoxy) is 3. The van der Waals surface area contributed by atoms with Crippen molar-refractivity contribution in [3.05, 3.63) is 89.1 Å². The highest BCUT2D eigenvalue weighted by Crippen LogP contribution is 2.51. The summed E-state index contributed by atoms with van der Waals surface area (Å²) >= 11 is 0. The standard InChI is InChI=1S/C33H37N3O5/c1-33(2)17-24-31(26(37)18-33)32(22-15-28(40-4)29(41-5)16-27(22)39-3)36(25-14-10-9-13-23(25)35-24)20-30(38)34-19-21-11-7-6-8-12-21/h6-16,32,35H,17-20H2,1-5H3,(H,34,38). The van der Waals surface area contributed by atoms with Crippen LogP contribution in [0.15, 0.2) is 78.0 Å². The van der Waals surface area contributed by atoms with Crippen molar-refractivity contribution in [3.63, 3.8) is 0 Å². The molecule has 2 N–H and O–H groups in total. The van der Waals surface area contributed by atoms with E-state index in [1.165, 1.54) is 0 Å². The molecule has 3 aromatic carbocycles. The van der Waals surface area contributed by atoms with Crippen molar-refractivity contribution in [2.24, 2.45) is 5.41 Å². The minimum absolute atomic E-state index is 0.0150. The van der Waals surface area contributed by atoms with Gasteiger partial charge in [0.2, 0.25) is 5.91 Å². The molecule has 0 radical (unpaired) electrons. The van der Waals surface area contributed by atoms with Gasteiger partial charge in [0.25, 0.3) is 0 Å². The highest BCUT2D eigenvalue weighted by molar-refractivity contribution is 6.02. The van der Waals surface area contributed by atoms with Crippen LogP contribution in [0, 0.1) is 5.41 Å². The lowest BCUT2D eigenvalue weighted by atomic mass is 9.73. The summed E-state index contributed by atoms with van der Waals surface area (Å²) in [6.07, 6.45) is 1.08. The van der Waals surface area contributed by atoms with E-state index >= 15 is 0 Å². The monoisotopic (exact) mass is 555 g/mol. The van der Waals surface area contributed by atoms with E-state index in [9.17, 15) is 9.59 Å². The molecule has 1 unspecified atom stereocenters. The molecule has 1 aliphatic heterocycles. The Balaban J connectivity index is 1.67. The number of hydrogen-bond donors (Lipinski definition) is 2. The van der Waals surface area contributed by atoms with Gasteiger partial charge in [-0.05, 0) is 35.6 Å². The van der Waals surface area contributed by atoms with Crippen LogP contribution in [0.2, 0.25) is 0 Å². The molecule has 8 nitrogen and oxygen atoms in total. The summed E-state index contributed by atoms with van der Waals surface area (Å²) in [6, 6.07) is 20.6. The van der Waals surface area contributed by atoms with Crippen LogP contribution < -0.4 is 29.7 Å². The van der Waals surface area contributed by atoms with Crippen LogP contribution in [0.1, 0.15) is 43.9 Å². The molecule has 1 atom stereocenters. The number of benzene rings is 3. The van der Waals surface area contributed by atoms with Gasteiger partial charge in [-0.2, -0.15) is 0 Å². The first kappa shape index (κ1) is 28.1. The number of amides is 1. The fourth-order valence-corrected chi connectivity index (χ4v) is 5.82. The highest BCUT2D eigenvalue weighted by atomic mass is 16.5. The quantitative estimate of drug-likeness (QED) is 0.372. The summed E-state index contributed by atoms with van der Waals surface area (Å²) in [6.45, 7) is 4.63. The maximum Gasteiger partial charge on any atom is 0.239 e. The maximum atomic E-state index is 14.0. The minimum atomic E-state index is -0.623. The van der Waals surface area contributed by atoms with Gasteiger partial charge in [0.1, 0.15) is 5.75 Å². The molecule has 3 aromatic rings. The smallest absolute Gasteiger partial charge is 0.239 e. The molecule has 1 aliphatic carbocycles. The number of hydrogen-bond acceptors (Lipinski definition) is 7. The summed E-state index contributed by atoms with van der Waals surface area (Å²) in [5, 5.41) is 6.64. The Bertz CT molecular complexity index is 1480. The van der Waals surface area contributed by atoms with E-state index in [-0.39, 0.29) is 23.7 Å². The molecule has 1 heterocycles. The first-order chi connectivity index (χ1) is 19.7. The van der Waals surface area contributed by atoms with Crippen molar-refractivity contribution >= 4 is 23.1 Å². The van der Waals surface area contributed by atoms with E-state index < -0.39 is 6.04 Å². The van der Waals surface area contributed by atoms with Crippen LogP contribution in [0.5, 0.6) is 17.2 Å². The number of rotatable bonds is 8. The second-order valence-electron chi connectivity index (χ2n) is 11.2. The molecular formula is C33H37N3O5. The summed E-state index contributed by atoms with van der Waals surface area (Å²) in [5.41, 5.74) is 4.63. The van der Waals surface area contributed by atoms with Crippen molar-refractivity contribution in [1.82, 2.24) is 5.32 Å². The molecule has 5 rings (SSSR count). The van der Waals surface area contributed by atoms with E-state index in [0.29, 0.717) is 47.8 Å². The topological polar surface area (TPSA) is 89.1 Å². The summed E-state index contributed by atoms with van der Waals surface area (Å²) in [5.74, 6) is 1.42. The molecule has 0 bridgehead atoms. The van der Waals surface area contributed by atoms with Gasteiger partial charge in [0.15, 0.2) is 17.3 Å². The normalized spacial score (nSPS) is 17.5. The molecule has 41 heavy (non-hydrogen) atoms. The third-order valence-electron chi connectivity index (χ3n) is 7.68.